The van der Waals surface area contributed by atoms with E-state index in [1.165, 1.54) is 10.9 Å². The third-order valence-corrected chi connectivity index (χ3v) is 8.65. The average molecular weight is 377 g/mol. The molecule has 0 aromatic heterocycles. The first-order valence-corrected chi connectivity index (χ1v) is 10.5. The summed E-state index contributed by atoms with van der Waals surface area (Å²) in [6, 6.07) is 10.3. The van der Waals surface area contributed by atoms with Crippen LogP contribution < -0.4 is 9.78 Å². The van der Waals surface area contributed by atoms with Crippen LogP contribution in [0.25, 0.3) is 0 Å². The topological polar surface area (TPSA) is 49.4 Å². The minimum atomic E-state index is -0.545. The van der Waals surface area contributed by atoms with E-state index in [9.17, 15) is 9.59 Å². The van der Waals surface area contributed by atoms with Gasteiger partial charge in [-0.25, -0.2) is 0 Å². The van der Waals surface area contributed by atoms with E-state index in [4.69, 9.17) is 0 Å². The molecule has 1 aliphatic carbocycles. The SMILES string of the molecule is C[C@]1(C[Se]c2ccccc2)C[C@@H]2CCCC[C@@]23C(=O)NC(=O)N13. The molecule has 3 fully saturated rings. The molecule has 23 heavy (non-hydrogen) atoms. The zero-order valence-electron chi connectivity index (χ0n) is 13.4. The molecule has 5 heteroatoms. The van der Waals surface area contributed by atoms with Crippen LogP contribution in [0, 0.1) is 5.92 Å². The quantitative estimate of drug-likeness (QED) is 0.648. The van der Waals surface area contributed by atoms with Gasteiger partial charge in [0.15, 0.2) is 0 Å². The molecule has 0 bridgehead atoms. The number of nitrogens with one attached hydrogen (secondary N) is 1. The van der Waals surface area contributed by atoms with E-state index >= 15 is 0 Å². The van der Waals surface area contributed by atoms with Crippen molar-refractivity contribution in [1.82, 2.24) is 10.2 Å². The molecule has 3 atom stereocenters. The summed E-state index contributed by atoms with van der Waals surface area (Å²) in [5.74, 6) is 0.294. The van der Waals surface area contributed by atoms with Gasteiger partial charge in [-0.05, 0) is 0 Å². The molecular weight excluding hydrogens is 355 g/mol. The summed E-state index contributed by atoms with van der Waals surface area (Å²) in [6.45, 7) is 2.19. The van der Waals surface area contributed by atoms with E-state index in [0.717, 1.165) is 31.0 Å². The molecule has 4 nitrogen and oxygen atoms in total. The summed E-state index contributed by atoms with van der Waals surface area (Å²) in [5.41, 5.74) is -0.738. The maximum absolute atomic E-state index is 12.6. The third kappa shape index (κ3) is 2.17. The predicted molar refractivity (Wildman–Crippen MR) is 89.7 cm³/mol. The van der Waals surface area contributed by atoms with Crippen LogP contribution in [0.1, 0.15) is 39.0 Å². The molecule has 3 amide bonds. The zero-order chi connectivity index (χ0) is 16.1. The molecule has 2 saturated heterocycles. The summed E-state index contributed by atoms with van der Waals surface area (Å²) < 4.78 is 1.36. The molecule has 2 heterocycles. The van der Waals surface area contributed by atoms with Crippen LogP contribution in [-0.2, 0) is 4.79 Å². The second-order valence-electron chi connectivity index (χ2n) is 7.26. The Kier molecular flexibility index (Phi) is 3.54. The Bertz CT molecular complexity index is 650. The number of rotatable bonds is 3. The first kappa shape index (κ1) is 15.2. The fourth-order valence-corrected chi connectivity index (χ4v) is 7.12. The number of hydrogen-bond acceptors (Lipinski definition) is 2. The zero-order valence-corrected chi connectivity index (χ0v) is 15.1. The number of benzene rings is 1. The van der Waals surface area contributed by atoms with Crippen LogP contribution in [0.5, 0.6) is 0 Å². The van der Waals surface area contributed by atoms with Crippen molar-refractivity contribution in [3.05, 3.63) is 30.3 Å². The van der Waals surface area contributed by atoms with E-state index in [1.807, 2.05) is 11.0 Å². The summed E-state index contributed by atoms with van der Waals surface area (Å²) in [7, 11) is 0. The van der Waals surface area contributed by atoms with Gasteiger partial charge in [-0.2, -0.15) is 0 Å². The number of carbonyl (C=O) groups excluding carboxylic acids is 2. The Morgan fingerprint density at radius 1 is 1.26 bits per heavy atom. The molecule has 1 aromatic rings. The molecule has 1 spiro atoms. The van der Waals surface area contributed by atoms with Gasteiger partial charge >= 0.3 is 143 Å². The standard InChI is InChI=1S/C18H22N2O2Se/c1-17(12-23-14-8-3-2-4-9-14)11-13-7-5-6-10-18(13)15(21)19-16(22)20(17)18/h2-4,8-9,13H,5-7,10-12H2,1H3,(H,19,21,22)/t13-,17+,18-/m0/s1. The maximum atomic E-state index is 12.6. The van der Waals surface area contributed by atoms with Crippen molar-refractivity contribution in [2.75, 3.05) is 0 Å². The molecule has 2 aliphatic heterocycles. The van der Waals surface area contributed by atoms with E-state index in [0.29, 0.717) is 20.9 Å². The normalized spacial score (nSPS) is 35.9. The Balaban J connectivity index is 1.64. The Morgan fingerprint density at radius 2 is 2.04 bits per heavy atom. The van der Waals surface area contributed by atoms with Gasteiger partial charge in [-0.15, -0.1) is 0 Å². The van der Waals surface area contributed by atoms with Gasteiger partial charge < -0.3 is 0 Å². The van der Waals surface area contributed by atoms with Crippen LogP contribution >= 0.6 is 0 Å². The van der Waals surface area contributed by atoms with Gasteiger partial charge in [0, 0.05) is 0 Å². The summed E-state index contributed by atoms with van der Waals surface area (Å²) >= 11 is 0.316. The molecule has 0 radical (unpaired) electrons. The molecule has 1 N–H and O–H groups in total. The first-order chi connectivity index (χ1) is 11.1. The molecule has 1 saturated carbocycles. The van der Waals surface area contributed by atoms with Crippen LogP contribution in [0.15, 0.2) is 30.3 Å². The van der Waals surface area contributed by atoms with Crippen LogP contribution in [0.2, 0.25) is 5.32 Å². The van der Waals surface area contributed by atoms with Crippen molar-refractivity contribution < 1.29 is 9.59 Å². The molecular formula is C18H22N2O2Se. The number of imide groups is 1. The molecule has 0 unspecified atom stereocenters. The van der Waals surface area contributed by atoms with Crippen LogP contribution in [0.3, 0.4) is 0 Å². The van der Waals surface area contributed by atoms with Gasteiger partial charge in [0.25, 0.3) is 0 Å². The Morgan fingerprint density at radius 3 is 2.83 bits per heavy atom. The molecule has 3 aliphatic rings. The van der Waals surface area contributed by atoms with Crippen molar-refractivity contribution in [3.63, 3.8) is 0 Å². The second-order valence-corrected chi connectivity index (χ2v) is 9.46. The Hall–Kier alpha value is -1.32. The van der Waals surface area contributed by atoms with E-state index < -0.39 is 5.54 Å². The second kappa shape index (κ2) is 5.35. The number of hydrogen-bond donors (Lipinski definition) is 1. The third-order valence-electron chi connectivity index (χ3n) is 5.77. The van der Waals surface area contributed by atoms with Crippen molar-refractivity contribution in [3.8, 4) is 0 Å². The van der Waals surface area contributed by atoms with Gasteiger partial charge in [-0.1, -0.05) is 0 Å². The summed E-state index contributed by atoms with van der Waals surface area (Å²) in [5, 5.41) is 3.59. The van der Waals surface area contributed by atoms with Crippen molar-refractivity contribution in [2.24, 2.45) is 5.92 Å². The molecule has 1 aromatic carbocycles. The van der Waals surface area contributed by atoms with Crippen molar-refractivity contribution >= 4 is 31.4 Å². The predicted octanol–water partition coefficient (Wildman–Crippen LogP) is 2.08. The van der Waals surface area contributed by atoms with E-state index in [2.05, 4.69) is 36.5 Å². The molecule has 4 rings (SSSR count). The fourth-order valence-electron chi connectivity index (χ4n) is 4.86. The van der Waals surface area contributed by atoms with Crippen LogP contribution in [0.4, 0.5) is 4.79 Å². The summed E-state index contributed by atoms with van der Waals surface area (Å²) in [4.78, 5) is 27.1. The fraction of sp³-hybridized carbons (Fsp3) is 0.556. The van der Waals surface area contributed by atoms with Crippen molar-refractivity contribution in [2.45, 2.75) is 55.4 Å². The van der Waals surface area contributed by atoms with Crippen molar-refractivity contribution in [1.29, 1.82) is 0 Å². The van der Waals surface area contributed by atoms with Crippen LogP contribution in [-0.4, -0.2) is 42.9 Å². The molecule has 122 valence electrons. The van der Waals surface area contributed by atoms with E-state index in [1.54, 1.807) is 0 Å². The minimum absolute atomic E-state index is 0.0388. The monoisotopic (exact) mass is 378 g/mol. The summed E-state index contributed by atoms with van der Waals surface area (Å²) in [6.07, 6.45) is 5.12. The average Bonchev–Trinajstić information content (AvgIpc) is 2.97. The number of amides is 3. The van der Waals surface area contributed by atoms with Gasteiger partial charge in [0.1, 0.15) is 0 Å². The first-order valence-electron chi connectivity index (χ1n) is 8.40. The Labute approximate surface area is 143 Å². The van der Waals surface area contributed by atoms with E-state index in [-0.39, 0.29) is 17.5 Å². The number of nitrogens with zero attached hydrogens (tertiary/aromatic N) is 1. The van der Waals surface area contributed by atoms with Gasteiger partial charge in [0.05, 0.1) is 0 Å². The number of urea groups is 1. The number of carbonyl (C=O) groups is 2. The van der Waals surface area contributed by atoms with Gasteiger partial charge in [0.2, 0.25) is 0 Å². The van der Waals surface area contributed by atoms with Gasteiger partial charge in [-0.3, -0.25) is 0 Å².